The van der Waals surface area contributed by atoms with Crippen LogP contribution in [0.3, 0.4) is 0 Å². The molecule has 0 aliphatic heterocycles. The second-order valence-corrected chi connectivity index (χ2v) is 7.64. The average Bonchev–Trinajstić information content (AvgIpc) is 2.84. The van der Waals surface area contributed by atoms with Crippen LogP contribution in [0, 0.1) is 6.92 Å². The van der Waals surface area contributed by atoms with Crippen LogP contribution >= 0.6 is 27.3 Å². The molecule has 0 bridgehead atoms. The van der Waals surface area contributed by atoms with Gasteiger partial charge >= 0.3 is 6.03 Å². The zero-order valence-electron chi connectivity index (χ0n) is 12.4. The maximum Gasteiger partial charge on any atom is 0.317 e. The molecule has 1 N–H and O–H groups in total. The van der Waals surface area contributed by atoms with Crippen LogP contribution in [0.4, 0.5) is 4.79 Å². The lowest BCUT2D eigenvalue weighted by Gasteiger charge is -2.22. The third-order valence-corrected chi connectivity index (χ3v) is 4.97. The highest BCUT2D eigenvalue weighted by Crippen LogP contribution is 2.23. The van der Waals surface area contributed by atoms with E-state index in [9.17, 15) is 4.79 Å². The van der Waals surface area contributed by atoms with Crippen molar-refractivity contribution in [3.05, 3.63) is 56.2 Å². The van der Waals surface area contributed by atoms with E-state index in [2.05, 4.69) is 40.3 Å². The molecule has 1 heterocycles. The Kier molecular flexibility index (Phi) is 5.42. The van der Waals surface area contributed by atoms with Crippen LogP contribution in [-0.2, 0) is 6.54 Å². The molecule has 2 rings (SSSR count). The molecule has 0 aliphatic rings. The summed E-state index contributed by atoms with van der Waals surface area (Å²) in [6.45, 7) is 4.68. The second-order valence-electron chi connectivity index (χ2n) is 5.09. The number of benzene rings is 1. The highest BCUT2D eigenvalue weighted by atomic mass is 79.9. The van der Waals surface area contributed by atoms with E-state index in [-0.39, 0.29) is 12.1 Å². The van der Waals surface area contributed by atoms with Crippen LogP contribution in [-0.4, -0.2) is 18.0 Å². The summed E-state index contributed by atoms with van der Waals surface area (Å²) >= 11 is 5.08. The molecule has 112 valence electrons. The molecule has 0 radical (unpaired) electrons. The fraction of sp³-hybridized carbons (Fsp3) is 0.312. The Balaban J connectivity index is 1.96. The number of carbonyl (C=O) groups excluding carboxylic acids is 1. The zero-order chi connectivity index (χ0) is 15.4. The normalized spacial score (nSPS) is 12.0. The van der Waals surface area contributed by atoms with Crippen molar-refractivity contribution in [3.8, 4) is 0 Å². The Labute approximate surface area is 138 Å². The van der Waals surface area contributed by atoms with Crippen LogP contribution in [0.5, 0.6) is 0 Å². The molecule has 3 nitrogen and oxygen atoms in total. The number of amides is 2. The summed E-state index contributed by atoms with van der Waals surface area (Å²) in [5.41, 5.74) is 2.34. The first-order valence-corrected chi connectivity index (χ1v) is 8.39. The van der Waals surface area contributed by atoms with Crippen molar-refractivity contribution in [1.82, 2.24) is 10.2 Å². The molecule has 0 fully saturated rings. The fourth-order valence-electron chi connectivity index (χ4n) is 2.19. The highest BCUT2D eigenvalue weighted by Gasteiger charge is 2.15. The predicted molar refractivity (Wildman–Crippen MR) is 91.6 cm³/mol. The van der Waals surface area contributed by atoms with E-state index in [0.717, 1.165) is 14.2 Å². The second kappa shape index (κ2) is 7.09. The van der Waals surface area contributed by atoms with Gasteiger partial charge in [-0.25, -0.2) is 4.79 Å². The monoisotopic (exact) mass is 366 g/mol. The van der Waals surface area contributed by atoms with Gasteiger partial charge in [-0.3, -0.25) is 0 Å². The van der Waals surface area contributed by atoms with Crippen LogP contribution < -0.4 is 5.32 Å². The summed E-state index contributed by atoms with van der Waals surface area (Å²) in [5.74, 6) is 0. The molecule has 2 amide bonds. The van der Waals surface area contributed by atoms with Gasteiger partial charge in [0.1, 0.15) is 0 Å². The van der Waals surface area contributed by atoms with E-state index in [1.807, 2.05) is 38.2 Å². The largest absolute Gasteiger partial charge is 0.331 e. The van der Waals surface area contributed by atoms with Crippen LogP contribution in [0.2, 0.25) is 0 Å². The first-order valence-electron chi connectivity index (χ1n) is 6.78. The van der Waals surface area contributed by atoms with Crippen LogP contribution in [0.15, 0.2) is 40.2 Å². The molecule has 1 unspecified atom stereocenters. The third-order valence-electron chi connectivity index (χ3n) is 3.36. The van der Waals surface area contributed by atoms with Crippen LogP contribution in [0.1, 0.15) is 29.0 Å². The maximum atomic E-state index is 12.3. The summed E-state index contributed by atoms with van der Waals surface area (Å²) in [7, 11) is 1.81. The topological polar surface area (TPSA) is 32.3 Å². The molecule has 21 heavy (non-hydrogen) atoms. The van der Waals surface area contributed by atoms with Gasteiger partial charge in [-0.2, -0.15) is 0 Å². The zero-order valence-corrected chi connectivity index (χ0v) is 14.8. The third kappa shape index (κ3) is 4.32. The summed E-state index contributed by atoms with van der Waals surface area (Å²) in [5, 5.41) is 3.04. The van der Waals surface area contributed by atoms with Gasteiger partial charge in [-0.15, -0.1) is 11.3 Å². The highest BCUT2D eigenvalue weighted by molar-refractivity contribution is 9.11. The Bertz CT molecular complexity index is 626. The molecule has 0 aliphatic carbocycles. The number of aryl methyl sites for hydroxylation is 1. The first kappa shape index (κ1) is 16.0. The lowest BCUT2D eigenvalue weighted by atomic mass is 10.0. The number of hydrogen-bond acceptors (Lipinski definition) is 2. The quantitative estimate of drug-likeness (QED) is 0.833. The molecule has 1 atom stereocenters. The SMILES string of the molecule is Cc1ccccc1C(C)NC(=O)N(C)Cc1ccc(Br)s1. The molecular formula is C16H19BrN2OS. The summed E-state index contributed by atoms with van der Waals surface area (Å²) in [6, 6.07) is 12.1. The van der Waals surface area contributed by atoms with Crippen molar-refractivity contribution in [2.24, 2.45) is 0 Å². The minimum atomic E-state index is -0.0599. The van der Waals surface area contributed by atoms with Gasteiger partial charge in [0.05, 0.1) is 16.4 Å². The molecule has 0 saturated carbocycles. The summed E-state index contributed by atoms with van der Waals surface area (Å²) < 4.78 is 1.08. The number of nitrogens with zero attached hydrogens (tertiary/aromatic N) is 1. The Hall–Kier alpha value is -1.33. The Morgan fingerprint density at radius 3 is 2.67 bits per heavy atom. The number of halogens is 1. The van der Waals surface area contributed by atoms with Gasteiger partial charge in [-0.1, -0.05) is 24.3 Å². The number of hydrogen-bond donors (Lipinski definition) is 1. The summed E-state index contributed by atoms with van der Waals surface area (Å²) in [6.07, 6.45) is 0. The molecule has 2 aromatic rings. The molecule has 0 spiro atoms. The van der Waals surface area contributed by atoms with Gasteiger partial charge in [0, 0.05) is 11.9 Å². The number of urea groups is 1. The standard InChI is InChI=1S/C16H19BrN2OS/c1-11-6-4-5-7-14(11)12(2)18-16(20)19(3)10-13-8-9-15(17)21-13/h4-9,12H,10H2,1-3H3,(H,18,20). The predicted octanol–water partition coefficient (Wildman–Crippen LogP) is 4.72. The van der Waals surface area contributed by atoms with Crippen LogP contribution in [0.25, 0.3) is 0 Å². The van der Waals surface area contributed by atoms with E-state index in [0.29, 0.717) is 6.54 Å². The molecule has 1 aromatic heterocycles. The average molecular weight is 367 g/mol. The van der Waals surface area contributed by atoms with Gasteiger partial charge in [-0.05, 0) is 53.0 Å². The van der Waals surface area contributed by atoms with E-state index in [1.165, 1.54) is 5.56 Å². The lowest BCUT2D eigenvalue weighted by molar-refractivity contribution is 0.204. The van der Waals surface area contributed by atoms with Gasteiger partial charge in [0.25, 0.3) is 0 Å². The Morgan fingerprint density at radius 1 is 1.33 bits per heavy atom. The van der Waals surface area contributed by atoms with Crippen molar-refractivity contribution >= 4 is 33.3 Å². The number of rotatable bonds is 4. The fourth-order valence-corrected chi connectivity index (χ4v) is 3.72. The minimum absolute atomic E-state index is 0.00350. The van der Waals surface area contributed by atoms with Gasteiger partial charge < -0.3 is 10.2 Å². The van der Waals surface area contributed by atoms with Crippen molar-refractivity contribution < 1.29 is 4.79 Å². The van der Waals surface area contributed by atoms with E-state index < -0.39 is 0 Å². The maximum absolute atomic E-state index is 12.3. The van der Waals surface area contributed by atoms with Crippen molar-refractivity contribution in [1.29, 1.82) is 0 Å². The smallest absolute Gasteiger partial charge is 0.317 e. The number of thiophene rings is 1. The Morgan fingerprint density at radius 2 is 2.05 bits per heavy atom. The molecule has 1 aromatic carbocycles. The van der Waals surface area contributed by atoms with E-state index in [4.69, 9.17) is 0 Å². The van der Waals surface area contributed by atoms with Crippen molar-refractivity contribution in [2.75, 3.05) is 7.05 Å². The molecule has 0 saturated heterocycles. The van der Waals surface area contributed by atoms with E-state index in [1.54, 1.807) is 16.2 Å². The minimum Gasteiger partial charge on any atom is -0.331 e. The van der Waals surface area contributed by atoms with Crippen molar-refractivity contribution in [2.45, 2.75) is 26.4 Å². The lowest BCUT2D eigenvalue weighted by Crippen LogP contribution is -2.38. The van der Waals surface area contributed by atoms with Gasteiger partial charge in [0.15, 0.2) is 0 Å². The number of carbonyl (C=O) groups is 1. The first-order chi connectivity index (χ1) is 9.97. The molecular weight excluding hydrogens is 348 g/mol. The van der Waals surface area contributed by atoms with Gasteiger partial charge in [0.2, 0.25) is 0 Å². The van der Waals surface area contributed by atoms with Crippen molar-refractivity contribution in [3.63, 3.8) is 0 Å². The summed E-state index contributed by atoms with van der Waals surface area (Å²) in [4.78, 5) is 15.1. The number of nitrogens with one attached hydrogen (secondary N) is 1. The van der Waals surface area contributed by atoms with E-state index >= 15 is 0 Å². The molecule has 5 heteroatoms.